The molecule has 1 aliphatic carbocycles. The van der Waals surface area contributed by atoms with Crippen LogP contribution in [0.25, 0.3) is 6.08 Å². The van der Waals surface area contributed by atoms with Crippen molar-refractivity contribution >= 4 is 23.6 Å². The first kappa shape index (κ1) is 42.7. The van der Waals surface area contributed by atoms with Crippen molar-refractivity contribution in [2.24, 2.45) is 5.73 Å². The Balaban J connectivity index is 1.28. The molecule has 0 bridgehead atoms. The lowest BCUT2D eigenvalue weighted by Crippen LogP contribution is -2.67. The first-order valence-electron chi connectivity index (χ1n) is 19.8. The van der Waals surface area contributed by atoms with E-state index in [0.717, 1.165) is 34.3 Å². The number of likely N-dealkylation sites (N-methyl/N-ethyl adjacent to an activating group) is 1. The second-order valence-corrected chi connectivity index (χ2v) is 15.8. The maximum Gasteiger partial charge on any atom is 0.355 e. The van der Waals surface area contributed by atoms with Gasteiger partial charge in [-0.25, -0.2) is 9.78 Å². The summed E-state index contributed by atoms with van der Waals surface area (Å²) >= 11 is 0. The van der Waals surface area contributed by atoms with Crippen LogP contribution in [0.1, 0.15) is 65.2 Å². The van der Waals surface area contributed by atoms with Gasteiger partial charge in [0.15, 0.2) is 17.6 Å². The van der Waals surface area contributed by atoms with Crippen molar-refractivity contribution in [1.82, 2.24) is 15.3 Å². The number of phenols is 2. The summed E-state index contributed by atoms with van der Waals surface area (Å²) in [5.41, 5.74) is 10.0. The van der Waals surface area contributed by atoms with E-state index in [2.05, 4.69) is 15.3 Å². The van der Waals surface area contributed by atoms with E-state index >= 15 is 0 Å². The summed E-state index contributed by atoms with van der Waals surface area (Å²) in [6.07, 6.45) is -0.260. The number of nitrogens with one attached hydrogen (secondary N) is 2. The molecule has 60 heavy (non-hydrogen) atoms. The number of carboxylic acids is 1. The van der Waals surface area contributed by atoms with Crippen molar-refractivity contribution in [3.63, 3.8) is 0 Å². The third-order valence-electron chi connectivity index (χ3n) is 12.2. The topological polar surface area (TPSA) is 284 Å². The van der Waals surface area contributed by atoms with Crippen LogP contribution in [0.5, 0.6) is 17.2 Å². The Morgan fingerprint density at radius 1 is 1.08 bits per heavy atom. The zero-order valence-electron chi connectivity index (χ0n) is 32.9. The highest BCUT2D eigenvalue weighted by Crippen LogP contribution is 2.54. The highest BCUT2D eigenvalue weighted by molar-refractivity contribution is 6.10. The number of ether oxygens (including phenoxy) is 2. The normalized spacial score (nSPS) is 28.9. The van der Waals surface area contributed by atoms with E-state index < -0.39 is 77.7 Å². The molecule has 1 aromatic heterocycles. The van der Waals surface area contributed by atoms with Crippen LogP contribution in [0.15, 0.2) is 73.1 Å². The molecule has 4 aromatic rings. The number of benzene rings is 3. The number of nitrogens with two attached hydrogens (primary N) is 1. The molecule has 3 aliphatic rings. The van der Waals surface area contributed by atoms with E-state index in [9.17, 15) is 50.4 Å². The summed E-state index contributed by atoms with van der Waals surface area (Å²) in [6.45, 7) is -0.189. The lowest BCUT2D eigenvalue weighted by Gasteiger charge is -2.44. The van der Waals surface area contributed by atoms with Gasteiger partial charge in [-0.3, -0.25) is 9.69 Å². The number of aliphatic hydroxyl groups excluding tert-OH is 4. The number of fused-ring (bicyclic) bond motifs is 1. The maximum atomic E-state index is 14.5. The lowest BCUT2D eigenvalue weighted by molar-refractivity contribution is -0.422. The summed E-state index contributed by atoms with van der Waals surface area (Å²) in [6, 6.07) is 14.8. The van der Waals surface area contributed by atoms with E-state index in [1.807, 2.05) is 37.4 Å². The van der Waals surface area contributed by atoms with Crippen LogP contribution in [-0.2, 0) is 32.6 Å². The number of carboxylic acid groups (broad SMARTS) is 1. The predicted molar refractivity (Wildman–Crippen MR) is 216 cm³/mol. The second kappa shape index (κ2) is 17.3. The van der Waals surface area contributed by atoms with Crippen LogP contribution in [0, 0.1) is 0 Å². The quantitative estimate of drug-likeness (QED) is 0.0627. The number of hydrogen-bond donors (Lipinski definition) is 11. The number of imidazole rings is 1. The number of rotatable bonds is 14. The van der Waals surface area contributed by atoms with Crippen molar-refractivity contribution < 1.29 is 59.9 Å². The Bertz CT molecular complexity index is 2220. The molecule has 0 radical (unpaired) electrons. The fourth-order valence-corrected chi connectivity index (χ4v) is 9.03. The number of nitrogens with zero attached hydrogens (tertiary/aromatic N) is 2. The van der Waals surface area contributed by atoms with Crippen LogP contribution >= 0.6 is 0 Å². The Morgan fingerprint density at radius 2 is 1.85 bits per heavy atom. The van der Waals surface area contributed by atoms with Crippen LogP contribution < -0.4 is 20.7 Å². The summed E-state index contributed by atoms with van der Waals surface area (Å²) in [7, 11) is 1.84. The summed E-state index contributed by atoms with van der Waals surface area (Å²) in [4.78, 5) is 36.5. The van der Waals surface area contributed by atoms with Gasteiger partial charge in [0.1, 0.15) is 30.1 Å². The van der Waals surface area contributed by atoms with E-state index in [1.54, 1.807) is 18.5 Å². The van der Waals surface area contributed by atoms with E-state index in [0.29, 0.717) is 43.4 Å². The molecular formula is C43H51N5O12. The average Bonchev–Trinajstić information content (AvgIpc) is 3.93. The fourth-order valence-electron chi connectivity index (χ4n) is 9.03. The molecule has 0 spiro atoms. The maximum absolute atomic E-state index is 14.5. The van der Waals surface area contributed by atoms with Crippen molar-refractivity contribution in [3.8, 4) is 17.2 Å². The number of carbonyl (C=O) groups is 2. The third-order valence-corrected chi connectivity index (χ3v) is 12.2. The molecule has 1 amide bonds. The molecule has 17 nitrogen and oxygen atoms in total. The van der Waals surface area contributed by atoms with Gasteiger partial charge in [0.05, 0.1) is 24.3 Å². The zero-order chi connectivity index (χ0) is 42.9. The van der Waals surface area contributed by atoms with Gasteiger partial charge < -0.3 is 66.4 Å². The molecule has 3 aromatic carbocycles. The molecule has 9 atom stereocenters. The highest BCUT2D eigenvalue weighted by atomic mass is 16.8. The highest BCUT2D eigenvalue weighted by Gasteiger charge is 2.56. The Morgan fingerprint density at radius 3 is 2.53 bits per heavy atom. The number of aromatic amines is 1. The van der Waals surface area contributed by atoms with Crippen molar-refractivity contribution in [2.75, 3.05) is 25.1 Å². The Labute approximate surface area is 345 Å². The van der Waals surface area contributed by atoms with Gasteiger partial charge in [0.2, 0.25) is 0 Å². The van der Waals surface area contributed by atoms with Gasteiger partial charge in [-0.1, -0.05) is 42.8 Å². The van der Waals surface area contributed by atoms with Crippen molar-refractivity contribution in [1.29, 1.82) is 0 Å². The second-order valence-electron chi connectivity index (χ2n) is 15.8. The van der Waals surface area contributed by atoms with Crippen LogP contribution in [0.3, 0.4) is 0 Å². The number of amides is 1. The number of aromatic hydroxyl groups is 2. The van der Waals surface area contributed by atoms with E-state index in [1.165, 1.54) is 24.3 Å². The molecule has 2 aliphatic heterocycles. The van der Waals surface area contributed by atoms with Gasteiger partial charge in [0.25, 0.3) is 5.91 Å². The molecule has 1 saturated carbocycles. The van der Waals surface area contributed by atoms with Gasteiger partial charge in [-0.05, 0) is 67.3 Å². The van der Waals surface area contributed by atoms with E-state index in [4.69, 9.17) is 15.2 Å². The first-order valence-corrected chi connectivity index (χ1v) is 19.8. The monoisotopic (exact) mass is 829 g/mol. The van der Waals surface area contributed by atoms with Crippen molar-refractivity contribution in [2.45, 2.75) is 92.3 Å². The molecule has 2 fully saturated rings. The largest absolute Gasteiger partial charge is 0.508 e. The Hall–Kier alpha value is -5.37. The first-order chi connectivity index (χ1) is 28.7. The molecule has 1 saturated heterocycles. The number of H-pyrrole nitrogens is 1. The summed E-state index contributed by atoms with van der Waals surface area (Å²) in [5.74, 6) is -7.34. The minimum Gasteiger partial charge on any atom is -0.508 e. The third kappa shape index (κ3) is 7.98. The number of anilines is 1. The zero-order valence-corrected chi connectivity index (χ0v) is 32.9. The molecule has 17 heteroatoms. The molecule has 12 N–H and O–H groups in total. The number of phenolic OH excluding ortho intramolecular Hbond substituents is 2. The summed E-state index contributed by atoms with van der Waals surface area (Å²) < 4.78 is 10.8. The molecule has 3 heterocycles. The fraction of sp³-hybridized carbons (Fsp3) is 0.419. The van der Waals surface area contributed by atoms with Crippen molar-refractivity contribution in [3.05, 3.63) is 107 Å². The number of aromatic nitrogens is 2. The standard InChI is InChI=1S/C43H51N5O12/c1-45-15-13-28-29(47-22-46-28)17-24-16-23(9-11-31(24)50)10-12-36(52)48-30-19-33(59-43(58)40(55)39(54)38(53)34(21-49)60-43)32(51)18-26(30)27(37(48)41(56)57)20-42(14-5-8-35(42)44)25-6-3-2-4-7-25/h2-4,6-7,9-12,16,18-19,22,27,34-35,37-40,45,49-51,53-55,58H,5,8,13-15,17,20-21,44H2,1H3,(H,46,47)(H,56,57)/b12-10+/t27-,34-,35+,37-,38-,39+,40-,42-,43+/m1/s1. The molecular weight excluding hydrogens is 778 g/mol. The number of hydrogen-bond acceptors (Lipinski definition) is 14. The summed E-state index contributed by atoms with van der Waals surface area (Å²) in [5, 5.41) is 88.6. The average molecular weight is 830 g/mol. The molecule has 7 rings (SSSR count). The van der Waals surface area contributed by atoms with Gasteiger partial charge in [0, 0.05) is 60.2 Å². The SMILES string of the molecule is CNCCc1nc[nH]c1Cc1cc(/C=C/C(=O)N2c3cc(O[C@]4(O)O[C@H](CO)[C@@H](O)[C@H](O)[C@H]4O)c(O)cc3[C@@H](C[C@@]3(c4ccccc4)CCC[C@@H]3N)[C@@H]2C(=O)O)ccc1O. The van der Waals surface area contributed by atoms with E-state index in [-0.39, 0.29) is 29.5 Å². The number of aliphatic hydroxyl groups is 5. The molecule has 0 unspecified atom stereocenters. The Kier molecular flexibility index (Phi) is 12.3. The number of aliphatic carboxylic acids is 1. The molecule has 320 valence electrons. The number of carbonyl (C=O) groups excluding carboxylic acids is 1. The van der Waals surface area contributed by atoms with Gasteiger partial charge >= 0.3 is 11.9 Å². The lowest BCUT2D eigenvalue weighted by atomic mass is 9.68. The minimum atomic E-state index is -3.12. The predicted octanol–water partition coefficient (Wildman–Crippen LogP) is 1.11. The van der Waals surface area contributed by atoms with Gasteiger partial charge in [-0.2, -0.15) is 0 Å². The van der Waals surface area contributed by atoms with Crippen LogP contribution in [0.2, 0.25) is 0 Å². The van der Waals surface area contributed by atoms with Gasteiger partial charge in [-0.15, -0.1) is 0 Å². The smallest absolute Gasteiger partial charge is 0.355 e. The van der Waals surface area contributed by atoms with Crippen LogP contribution in [0.4, 0.5) is 5.69 Å². The minimum absolute atomic E-state index is 0.00226. The van der Waals surface area contributed by atoms with Crippen LogP contribution in [-0.4, -0.2) is 125 Å².